The van der Waals surface area contributed by atoms with E-state index in [1.165, 1.54) is 40.0 Å². The lowest BCUT2D eigenvalue weighted by molar-refractivity contribution is 0.0696. The van der Waals surface area contributed by atoms with Crippen molar-refractivity contribution in [3.63, 3.8) is 0 Å². The minimum Gasteiger partial charge on any atom is -0.478 e. The van der Waals surface area contributed by atoms with Gasteiger partial charge >= 0.3 is 5.97 Å². The van der Waals surface area contributed by atoms with E-state index >= 15 is 4.39 Å². The number of nitrogens with zero attached hydrogens (tertiary/aromatic N) is 4. The van der Waals surface area contributed by atoms with Gasteiger partial charge in [0.1, 0.15) is 21.2 Å². The summed E-state index contributed by atoms with van der Waals surface area (Å²) < 4.78 is 16.5. The fraction of sp³-hybridized carbons (Fsp3) is 0.154. The summed E-state index contributed by atoms with van der Waals surface area (Å²) >= 11 is 1.39. The summed E-state index contributed by atoms with van der Waals surface area (Å²) in [5.74, 6) is -1.43. The Morgan fingerprint density at radius 3 is 2.62 bits per heavy atom. The predicted octanol–water partition coefficient (Wildman–Crippen LogP) is 5.52. The van der Waals surface area contributed by atoms with Crippen molar-refractivity contribution < 1.29 is 14.3 Å². The third-order valence-electron chi connectivity index (χ3n) is 6.31. The van der Waals surface area contributed by atoms with Crippen LogP contribution < -0.4 is 0 Å². The molecule has 0 aliphatic heterocycles. The molecular formula is C26H19FN4O2S. The van der Waals surface area contributed by atoms with Crippen LogP contribution in [0.4, 0.5) is 4.39 Å². The number of aromatic carboxylic acids is 1. The van der Waals surface area contributed by atoms with Gasteiger partial charge in [-0.3, -0.25) is 4.68 Å². The summed E-state index contributed by atoms with van der Waals surface area (Å²) in [5.41, 5.74) is 4.25. The van der Waals surface area contributed by atoms with Gasteiger partial charge in [-0.2, -0.15) is 5.10 Å². The van der Waals surface area contributed by atoms with Crippen molar-refractivity contribution in [2.24, 2.45) is 0 Å². The zero-order valence-corrected chi connectivity index (χ0v) is 18.8. The van der Waals surface area contributed by atoms with Crippen molar-refractivity contribution in [3.8, 4) is 10.6 Å². The zero-order chi connectivity index (χ0) is 23.3. The van der Waals surface area contributed by atoms with Gasteiger partial charge in [-0.05, 0) is 48.2 Å². The second-order valence-electron chi connectivity index (χ2n) is 8.53. The summed E-state index contributed by atoms with van der Waals surface area (Å²) in [5, 5.41) is 13.6. The molecule has 0 unspecified atom stereocenters. The molecule has 0 atom stereocenters. The number of carboxylic acid groups (broad SMARTS) is 1. The van der Waals surface area contributed by atoms with E-state index in [9.17, 15) is 4.79 Å². The molecule has 0 bridgehead atoms. The number of hydrogen-bond acceptors (Lipinski definition) is 5. The first-order chi connectivity index (χ1) is 16.5. The number of carbonyl (C=O) groups is 1. The Hall–Kier alpha value is -3.91. The summed E-state index contributed by atoms with van der Waals surface area (Å²) in [6.45, 7) is 0.275. The van der Waals surface area contributed by atoms with Crippen molar-refractivity contribution >= 4 is 27.7 Å². The van der Waals surface area contributed by atoms with E-state index < -0.39 is 5.97 Å². The molecule has 2 aromatic carbocycles. The lowest BCUT2D eigenvalue weighted by Gasteiger charge is -2.14. The highest BCUT2D eigenvalue weighted by molar-refractivity contribution is 7.21. The van der Waals surface area contributed by atoms with E-state index in [-0.39, 0.29) is 23.3 Å². The minimum absolute atomic E-state index is 0.0283. The van der Waals surface area contributed by atoms with Gasteiger partial charge in [-0.1, -0.05) is 47.7 Å². The Kier molecular flexibility index (Phi) is 4.77. The molecule has 1 N–H and O–H groups in total. The van der Waals surface area contributed by atoms with Gasteiger partial charge < -0.3 is 5.11 Å². The number of pyridine rings is 1. The summed E-state index contributed by atoms with van der Waals surface area (Å²) in [7, 11) is 0. The molecule has 1 aliphatic rings. The maximum Gasteiger partial charge on any atom is 0.338 e. The topological polar surface area (TPSA) is 80.9 Å². The molecule has 0 saturated heterocycles. The lowest BCUT2D eigenvalue weighted by Crippen LogP contribution is -2.10. The quantitative estimate of drug-likeness (QED) is 0.353. The first kappa shape index (κ1) is 20.7. The van der Waals surface area contributed by atoms with Crippen LogP contribution in [-0.4, -0.2) is 30.8 Å². The predicted molar refractivity (Wildman–Crippen MR) is 128 cm³/mol. The molecule has 0 spiro atoms. The number of aromatic nitrogens is 4. The Balaban J connectivity index is 1.29. The summed E-state index contributed by atoms with van der Waals surface area (Å²) in [4.78, 5) is 21.4. The highest BCUT2D eigenvalue weighted by Crippen LogP contribution is 2.53. The molecule has 3 heterocycles. The first-order valence-electron chi connectivity index (χ1n) is 10.9. The van der Waals surface area contributed by atoms with Crippen LogP contribution >= 0.6 is 11.3 Å². The van der Waals surface area contributed by atoms with Crippen LogP contribution in [0.3, 0.4) is 0 Å². The zero-order valence-electron chi connectivity index (χ0n) is 18.0. The number of halogens is 1. The van der Waals surface area contributed by atoms with E-state index in [0.29, 0.717) is 16.1 Å². The van der Waals surface area contributed by atoms with Crippen LogP contribution in [0.5, 0.6) is 0 Å². The molecule has 6 rings (SSSR count). The molecule has 1 saturated carbocycles. The van der Waals surface area contributed by atoms with Crippen LogP contribution in [0.2, 0.25) is 0 Å². The number of benzene rings is 2. The molecule has 6 nitrogen and oxygen atoms in total. The van der Waals surface area contributed by atoms with Crippen molar-refractivity contribution in [2.45, 2.75) is 24.8 Å². The van der Waals surface area contributed by atoms with E-state index in [0.717, 1.165) is 28.9 Å². The van der Waals surface area contributed by atoms with Crippen molar-refractivity contribution in [2.75, 3.05) is 0 Å². The normalized spacial score (nSPS) is 14.4. The third-order valence-corrected chi connectivity index (χ3v) is 7.31. The number of thiazole rings is 1. The molecule has 34 heavy (non-hydrogen) atoms. The molecule has 1 aliphatic carbocycles. The Bertz CT molecular complexity index is 1540. The maximum absolute atomic E-state index is 15.0. The molecule has 5 aromatic rings. The standard InChI is InChI=1S/C26H19FN4O2S/c27-20-12-16(14-31-15-17(13-28-31)25(32)33)6-7-19(20)23-29-21-8-9-22(30-24(21)34-23)26(10-11-26)18-4-2-1-3-5-18/h1-9,12-13,15H,10-11,14H2,(H,32,33). The number of fused-ring (bicyclic) bond motifs is 1. The SMILES string of the molecule is O=C(O)c1cnn(Cc2ccc(-c3nc4ccc(C5(c6ccccc6)CC5)nc4s3)c(F)c2)c1. The average Bonchev–Trinajstić information content (AvgIpc) is 3.32. The largest absolute Gasteiger partial charge is 0.478 e. The van der Waals surface area contributed by atoms with Crippen LogP contribution in [0.25, 0.3) is 20.9 Å². The average molecular weight is 471 g/mol. The molecule has 168 valence electrons. The van der Waals surface area contributed by atoms with Crippen LogP contribution in [0.1, 0.15) is 40.0 Å². The van der Waals surface area contributed by atoms with E-state index in [4.69, 9.17) is 10.1 Å². The fourth-order valence-corrected chi connectivity index (χ4v) is 5.32. The van der Waals surface area contributed by atoms with E-state index in [2.05, 4.69) is 34.3 Å². The molecule has 3 aromatic heterocycles. The Labute approximate surface area is 198 Å². The smallest absolute Gasteiger partial charge is 0.338 e. The van der Waals surface area contributed by atoms with Gasteiger partial charge in [0.25, 0.3) is 0 Å². The molecule has 0 amide bonds. The number of hydrogen-bond donors (Lipinski definition) is 1. The van der Waals surface area contributed by atoms with Gasteiger partial charge in [0, 0.05) is 17.2 Å². The lowest BCUT2D eigenvalue weighted by atomic mass is 9.92. The maximum atomic E-state index is 15.0. The van der Waals surface area contributed by atoms with Gasteiger partial charge in [0.05, 0.1) is 24.0 Å². The van der Waals surface area contributed by atoms with Crippen LogP contribution in [0.15, 0.2) is 73.1 Å². The minimum atomic E-state index is -1.04. The number of carboxylic acids is 1. The molecule has 0 radical (unpaired) electrons. The molecular weight excluding hydrogens is 451 g/mol. The summed E-state index contributed by atoms with van der Waals surface area (Å²) in [6, 6.07) is 19.4. The Morgan fingerprint density at radius 2 is 1.91 bits per heavy atom. The van der Waals surface area contributed by atoms with Gasteiger partial charge in [0.15, 0.2) is 0 Å². The van der Waals surface area contributed by atoms with Gasteiger partial charge in [0.2, 0.25) is 0 Å². The monoisotopic (exact) mass is 470 g/mol. The van der Waals surface area contributed by atoms with Crippen LogP contribution in [0, 0.1) is 5.82 Å². The van der Waals surface area contributed by atoms with Gasteiger partial charge in [-0.15, -0.1) is 0 Å². The third kappa shape index (κ3) is 3.56. The van der Waals surface area contributed by atoms with E-state index in [1.54, 1.807) is 12.1 Å². The summed E-state index contributed by atoms with van der Waals surface area (Å²) in [6.07, 6.45) is 4.84. The first-order valence-corrected chi connectivity index (χ1v) is 11.7. The van der Waals surface area contributed by atoms with Gasteiger partial charge in [-0.25, -0.2) is 19.2 Å². The number of rotatable bonds is 6. The van der Waals surface area contributed by atoms with Crippen molar-refractivity contribution in [3.05, 3.63) is 101 Å². The highest BCUT2D eigenvalue weighted by atomic mass is 32.1. The molecule has 8 heteroatoms. The van der Waals surface area contributed by atoms with E-state index in [1.807, 2.05) is 18.2 Å². The fourth-order valence-electron chi connectivity index (χ4n) is 4.35. The Morgan fingerprint density at radius 1 is 1.09 bits per heavy atom. The highest BCUT2D eigenvalue weighted by Gasteiger charge is 2.47. The second-order valence-corrected chi connectivity index (χ2v) is 9.51. The second kappa shape index (κ2) is 7.85. The van der Waals surface area contributed by atoms with Crippen molar-refractivity contribution in [1.29, 1.82) is 0 Å². The molecule has 1 fully saturated rings. The van der Waals surface area contributed by atoms with Crippen LogP contribution in [-0.2, 0) is 12.0 Å². The van der Waals surface area contributed by atoms with Crippen molar-refractivity contribution in [1.82, 2.24) is 19.7 Å².